The Morgan fingerprint density at radius 2 is 1.06 bits per heavy atom. The third-order valence-corrected chi connectivity index (χ3v) is 1.81. The van der Waals surface area contributed by atoms with Crippen LogP contribution in [-0.4, -0.2) is 37.4 Å². The summed E-state index contributed by atoms with van der Waals surface area (Å²) < 4.78 is 123. The number of rotatable bonds is 2. The van der Waals surface area contributed by atoms with Crippen LogP contribution in [0.4, 0.5) is 43.9 Å². The summed E-state index contributed by atoms with van der Waals surface area (Å²) in [5.74, 6) is 0. The Morgan fingerprint density at radius 1 is 0.765 bits per heavy atom. The predicted octanol–water partition coefficient (Wildman–Crippen LogP) is 3.40. The molecular formula is C6H4F10O. The van der Waals surface area contributed by atoms with Gasteiger partial charge in [-0.1, -0.05) is 0 Å². The van der Waals surface area contributed by atoms with Crippen molar-refractivity contribution >= 4 is 0 Å². The smallest absolute Gasteiger partial charge is 0.359 e. The molecule has 0 heterocycles. The van der Waals surface area contributed by atoms with Gasteiger partial charge in [-0.15, -0.1) is 0 Å². The molecular weight excluding hydrogens is 278 g/mol. The van der Waals surface area contributed by atoms with Crippen molar-refractivity contribution in [2.45, 2.75) is 30.3 Å². The molecule has 1 atom stereocenters. The maximum Gasteiger partial charge on any atom is 0.429 e. The van der Waals surface area contributed by atoms with Gasteiger partial charge in [-0.05, 0) is 0 Å². The van der Waals surface area contributed by atoms with Gasteiger partial charge in [-0.2, -0.15) is 39.5 Å². The fourth-order valence-corrected chi connectivity index (χ4v) is 1.01. The highest BCUT2D eigenvalue weighted by Gasteiger charge is 2.81. The van der Waals surface area contributed by atoms with Gasteiger partial charge in [0.2, 0.25) is 6.17 Å². The van der Waals surface area contributed by atoms with E-state index in [0.717, 1.165) is 0 Å². The van der Waals surface area contributed by atoms with E-state index in [1.807, 2.05) is 0 Å². The van der Waals surface area contributed by atoms with Gasteiger partial charge in [-0.25, -0.2) is 4.39 Å². The maximum absolute atomic E-state index is 12.5. The number of halogens is 10. The Hall–Kier alpha value is -0.740. The first-order valence-electron chi connectivity index (χ1n) is 3.61. The van der Waals surface area contributed by atoms with Gasteiger partial charge < -0.3 is 4.74 Å². The van der Waals surface area contributed by atoms with E-state index in [1.165, 1.54) is 0 Å². The van der Waals surface area contributed by atoms with Gasteiger partial charge in [-0.3, -0.25) is 0 Å². The molecule has 11 heteroatoms. The van der Waals surface area contributed by atoms with Crippen LogP contribution < -0.4 is 0 Å². The number of hydrogen-bond acceptors (Lipinski definition) is 1. The zero-order valence-electron chi connectivity index (χ0n) is 7.77. The highest BCUT2D eigenvalue weighted by molar-refractivity contribution is 5.04. The van der Waals surface area contributed by atoms with E-state index in [-0.39, 0.29) is 7.11 Å². The minimum absolute atomic E-state index is 0.306. The van der Waals surface area contributed by atoms with Crippen LogP contribution in [0.3, 0.4) is 0 Å². The van der Waals surface area contributed by atoms with Crippen LogP contribution in [0.15, 0.2) is 0 Å². The van der Waals surface area contributed by atoms with Crippen LogP contribution in [0.2, 0.25) is 0 Å². The Labute approximate surface area is 87.3 Å². The van der Waals surface area contributed by atoms with Crippen LogP contribution in [-0.2, 0) is 4.74 Å². The third kappa shape index (κ3) is 2.58. The van der Waals surface area contributed by atoms with Gasteiger partial charge in [0.25, 0.3) is 5.60 Å². The summed E-state index contributed by atoms with van der Waals surface area (Å²) in [5.41, 5.74) is -5.93. The van der Waals surface area contributed by atoms with Crippen LogP contribution >= 0.6 is 0 Å². The Morgan fingerprint density at radius 3 is 1.12 bits per heavy atom. The lowest BCUT2D eigenvalue weighted by Crippen LogP contribution is -2.67. The van der Waals surface area contributed by atoms with E-state index < -0.39 is 30.3 Å². The highest BCUT2D eigenvalue weighted by atomic mass is 19.4. The first kappa shape index (κ1) is 16.3. The van der Waals surface area contributed by atoms with Crippen molar-refractivity contribution < 1.29 is 48.6 Å². The van der Waals surface area contributed by atoms with E-state index in [9.17, 15) is 43.9 Å². The molecule has 0 rings (SSSR count). The van der Waals surface area contributed by atoms with Crippen LogP contribution in [0, 0.1) is 0 Å². The SMILES string of the molecule is COC(C(F)C(F)(F)F)(C(F)(F)F)C(F)(F)F. The van der Waals surface area contributed by atoms with Crippen LogP contribution in [0.25, 0.3) is 0 Å². The minimum atomic E-state index is -6.62. The molecule has 1 unspecified atom stereocenters. The molecule has 0 aliphatic rings. The second-order valence-electron chi connectivity index (χ2n) is 2.84. The highest BCUT2D eigenvalue weighted by Crippen LogP contribution is 2.52. The summed E-state index contributed by atoms with van der Waals surface area (Å²) in [7, 11) is -0.306. The lowest BCUT2D eigenvalue weighted by Gasteiger charge is -2.38. The van der Waals surface area contributed by atoms with Gasteiger partial charge >= 0.3 is 18.5 Å². The molecule has 0 aromatic heterocycles. The van der Waals surface area contributed by atoms with Crippen molar-refractivity contribution in [1.29, 1.82) is 0 Å². The fraction of sp³-hybridized carbons (Fsp3) is 1.00. The first-order valence-corrected chi connectivity index (χ1v) is 3.61. The second kappa shape index (κ2) is 4.18. The van der Waals surface area contributed by atoms with Gasteiger partial charge in [0, 0.05) is 7.11 Å². The second-order valence-corrected chi connectivity index (χ2v) is 2.84. The molecule has 0 saturated carbocycles. The van der Waals surface area contributed by atoms with E-state index in [2.05, 4.69) is 4.74 Å². The summed E-state index contributed by atoms with van der Waals surface area (Å²) >= 11 is 0. The van der Waals surface area contributed by atoms with Crippen molar-refractivity contribution in [3.63, 3.8) is 0 Å². The van der Waals surface area contributed by atoms with Crippen molar-refractivity contribution in [1.82, 2.24) is 0 Å². The molecule has 0 saturated heterocycles. The normalized spacial score (nSPS) is 17.1. The summed E-state index contributed by atoms with van der Waals surface area (Å²) in [6, 6.07) is 0. The fourth-order valence-electron chi connectivity index (χ4n) is 1.01. The number of alkyl halides is 10. The maximum atomic E-state index is 12.5. The number of ether oxygens (including phenoxy) is 1. The molecule has 104 valence electrons. The zero-order valence-corrected chi connectivity index (χ0v) is 7.77. The van der Waals surface area contributed by atoms with Crippen LogP contribution in [0.1, 0.15) is 0 Å². The summed E-state index contributed by atoms with van der Waals surface area (Å²) in [5, 5.41) is 0. The Kier molecular flexibility index (Phi) is 3.99. The van der Waals surface area contributed by atoms with E-state index in [0.29, 0.717) is 0 Å². The lowest BCUT2D eigenvalue weighted by molar-refractivity contribution is -0.415. The molecule has 17 heavy (non-hydrogen) atoms. The minimum Gasteiger partial charge on any atom is -0.359 e. The molecule has 0 amide bonds. The molecule has 1 nitrogen and oxygen atoms in total. The molecule has 0 aliphatic heterocycles. The molecule has 0 N–H and O–H groups in total. The lowest BCUT2D eigenvalue weighted by atomic mass is 9.95. The topological polar surface area (TPSA) is 9.23 Å². The van der Waals surface area contributed by atoms with E-state index >= 15 is 0 Å². The van der Waals surface area contributed by atoms with E-state index in [1.54, 1.807) is 0 Å². The number of hydrogen-bond donors (Lipinski definition) is 0. The molecule has 0 radical (unpaired) electrons. The summed E-state index contributed by atoms with van der Waals surface area (Å²) in [4.78, 5) is 0. The molecule has 0 spiro atoms. The zero-order chi connectivity index (χ0) is 14.3. The summed E-state index contributed by atoms with van der Waals surface area (Å²) in [6.45, 7) is 0. The van der Waals surface area contributed by atoms with Gasteiger partial charge in [0.15, 0.2) is 0 Å². The van der Waals surface area contributed by atoms with Crippen molar-refractivity contribution in [3.8, 4) is 0 Å². The summed E-state index contributed by atoms with van der Waals surface area (Å²) in [6.07, 6.45) is -24.9. The van der Waals surface area contributed by atoms with E-state index in [4.69, 9.17) is 0 Å². The largest absolute Gasteiger partial charge is 0.429 e. The van der Waals surface area contributed by atoms with Crippen molar-refractivity contribution in [3.05, 3.63) is 0 Å². The number of methoxy groups -OCH3 is 1. The average Bonchev–Trinajstić information content (AvgIpc) is 1.98. The first-order chi connectivity index (χ1) is 7.22. The van der Waals surface area contributed by atoms with Gasteiger partial charge in [0.1, 0.15) is 0 Å². The standard InChI is InChI=1S/C6H4F10O/c1-17-3(5(11,12)13,6(14,15)16)2(7)4(8,9)10/h2H,1H3. The van der Waals surface area contributed by atoms with Crippen molar-refractivity contribution in [2.75, 3.05) is 7.11 Å². The Balaban J connectivity index is 5.88. The third-order valence-electron chi connectivity index (χ3n) is 1.81. The molecule has 0 aromatic carbocycles. The molecule has 0 aliphatic carbocycles. The van der Waals surface area contributed by atoms with Crippen molar-refractivity contribution in [2.24, 2.45) is 0 Å². The quantitative estimate of drug-likeness (QED) is 0.705. The van der Waals surface area contributed by atoms with Gasteiger partial charge in [0.05, 0.1) is 0 Å². The average molecular weight is 282 g/mol. The Bertz CT molecular complexity index is 245. The van der Waals surface area contributed by atoms with Crippen LogP contribution in [0.5, 0.6) is 0 Å². The monoisotopic (exact) mass is 282 g/mol. The molecule has 0 bridgehead atoms. The molecule has 0 aromatic rings. The molecule has 0 fully saturated rings. The predicted molar refractivity (Wildman–Crippen MR) is 32.8 cm³/mol.